The molecule has 0 bridgehead atoms. The van der Waals surface area contributed by atoms with E-state index in [-0.39, 0.29) is 29.6 Å². The van der Waals surface area contributed by atoms with Crippen molar-refractivity contribution in [1.82, 2.24) is 0 Å². The number of alkyl halides is 3. The SMILES string of the molecule is CCC1(N)CC1c1ccc(OC(F)(F)F)cc1.Cl. The quantitative estimate of drug-likeness (QED) is 0.919. The highest BCUT2D eigenvalue weighted by Crippen LogP contribution is 2.51. The zero-order valence-corrected chi connectivity index (χ0v) is 10.6. The lowest BCUT2D eigenvalue weighted by molar-refractivity contribution is -0.274. The van der Waals surface area contributed by atoms with Crippen molar-refractivity contribution in [2.24, 2.45) is 5.73 Å². The topological polar surface area (TPSA) is 35.2 Å². The predicted molar refractivity (Wildman–Crippen MR) is 64.9 cm³/mol. The second-order valence-electron chi connectivity index (χ2n) is 4.46. The third kappa shape index (κ3) is 3.29. The van der Waals surface area contributed by atoms with Crippen molar-refractivity contribution in [3.63, 3.8) is 0 Å². The number of benzene rings is 1. The first-order valence-electron chi connectivity index (χ1n) is 5.49. The average Bonchev–Trinajstić information content (AvgIpc) is 2.91. The summed E-state index contributed by atoms with van der Waals surface area (Å²) in [4.78, 5) is 0. The fourth-order valence-corrected chi connectivity index (χ4v) is 2.06. The van der Waals surface area contributed by atoms with Gasteiger partial charge in [0, 0.05) is 11.5 Å². The van der Waals surface area contributed by atoms with Crippen LogP contribution in [0.2, 0.25) is 0 Å². The van der Waals surface area contributed by atoms with Gasteiger partial charge in [-0.2, -0.15) is 0 Å². The van der Waals surface area contributed by atoms with Crippen molar-refractivity contribution in [2.45, 2.75) is 37.6 Å². The molecule has 0 aliphatic heterocycles. The lowest BCUT2D eigenvalue weighted by Crippen LogP contribution is -2.22. The lowest BCUT2D eigenvalue weighted by Gasteiger charge is -2.10. The standard InChI is InChI=1S/C12H14F3NO.ClH/c1-2-11(16)7-10(11)8-3-5-9(6-4-8)17-12(13,14)15;/h3-6,10H,2,7,16H2,1H3;1H. The van der Waals surface area contributed by atoms with Crippen LogP contribution in [0.5, 0.6) is 5.75 Å². The van der Waals surface area contributed by atoms with Gasteiger partial charge in [0.15, 0.2) is 0 Å². The van der Waals surface area contributed by atoms with Crippen LogP contribution in [0.25, 0.3) is 0 Å². The van der Waals surface area contributed by atoms with E-state index < -0.39 is 6.36 Å². The van der Waals surface area contributed by atoms with Gasteiger partial charge in [-0.3, -0.25) is 0 Å². The Bertz CT molecular complexity index is 407. The Hall–Kier alpha value is -0.940. The maximum atomic E-state index is 11.9. The number of hydrogen-bond donors (Lipinski definition) is 1. The van der Waals surface area contributed by atoms with Crippen molar-refractivity contribution in [1.29, 1.82) is 0 Å². The van der Waals surface area contributed by atoms with Crippen LogP contribution >= 0.6 is 12.4 Å². The Balaban J connectivity index is 0.00000162. The second kappa shape index (κ2) is 4.97. The maximum Gasteiger partial charge on any atom is 0.573 e. The summed E-state index contributed by atoms with van der Waals surface area (Å²) in [6.07, 6.45) is -2.87. The third-order valence-corrected chi connectivity index (χ3v) is 3.29. The highest BCUT2D eigenvalue weighted by molar-refractivity contribution is 5.85. The van der Waals surface area contributed by atoms with Crippen molar-refractivity contribution < 1.29 is 17.9 Å². The molecule has 2 atom stereocenters. The Labute approximate surface area is 110 Å². The van der Waals surface area contributed by atoms with Crippen molar-refractivity contribution in [3.8, 4) is 5.75 Å². The molecule has 0 saturated heterocycles. The molecule has 2 nitrogen and oxygen atoms in total. The number of halogens is 4. The van der Waals surface area contributed by atoms with Crippen molar-refractivity contribution in [2.75, 3.05) is 0 Å². The van der Waals surface area contributed by atoms with Gasteiger partial charge in [0.2, 0.25) is 0 Å². The number of nitrogens with two attached hydrogens (primary N) is 1. The van der Waals surface area contributed by atoms with Crippen LogP contribution in [0.15, 0.2) is 24.3 Å². The zero-order valence-electron chi connectivity index (χ0n) is 9.83. The number of ether oxygens (including phenoxy) is 1. The van der Waals surface area contributed by atoms with Gasteiger partial charge >= 0.3 is 6.36 Å². The summed E-state index contributed by atoms with van der Waals surface area (Å²) in [5.41, 5.74) is 6.85. The van der Waals surface area contributed by atoms with E-state index in [1.807, 2.05) is 6.92 Å². The van der Waals surface area contributed by atoms with E-state index in [9.17, 15) is 13.2 Å². The Morgan fingerprint density at radius 1 is 1.33 bits per heavy atom. The van der Waals surface area contributed by atoms with E-state index in [0.29, 0.717) is 0 Å². The highest BCUT2D eigenvalue weighted by atomic mass is 35.5. The van der Waals surface area contributed by atoms with Crippen molar-refractivity contribution >= 4 is 12.4 Å². The minimum absolute atomic E-state index is 0. The summed E-state index contributed by atoms with van der Waals surface area (Å²) >= 11 is 0. The van der Waals surface area contributed by atoms with Gasteiger partial charge in [0.05, 0.1) is 0 Å². The van der Waals surface area contributed by atoms with Gasteiger partial charge in [0.25, 0.3) is 0 Å². The normalized spacial score (nSPS) is 26.4. The average molecular weight is 282 g/mol. The number of rotatable bonds is 3. The summed E-state index contributed by atoms with van der Waals surface area (Å²) in [5.74, 6) is 0.0634. The Morgan fingerprint density at radius 3 is 2.28 bits per heavy atom. The molecule has 102 valence electrons. The van der Waals surface area contributed by atoms with E-state index >= 15 is 0 Å². The monoisotopic (exact) mass is 281 g/mol. The molecule has 1 aliphatic carbocycles. The molecule has 2 N–H and O–H groups in total. The lowest BCUT2D eigenvalue weighted by atomic mass is 10.0. The zero-order chi connectivity index (χ0) is 12.7. The molecule has 0 spiro atoms. The molecular weight excluding hydrogens is 267 g/mol. The fraction of sp³-hybridized carbons (Fsp3) is 0.500. The first-order valence-corrected chi connectivity index (χ1v) is 5.49. The Kier molecular flexibility index (Phi) is 4.18. The largest absolute Gasteiger partial charge is 0.573 e. The molecule has 0 amide bonds. The molecule has 2 unspecified atom stereocenters. The molecule has 1 fully saturated rings. The molecule has 6 heteroatoms. The van der Waals surface area contributed by atoms with E-state index in [2.05, 4.69) is 4.74 Å². The van der Waals surface area contributed by atoms with Crippen LogP contribution in [-0.2, 0) is 0 Å². The van der Waals surface area contributed by atoms with Gasteiger partial charge in [-0.15, -0.1) is 25.6 Å². The van der Waals surface area contributed by atoms with Gasteiger partial charge in [-0.25, -0.2) is 0 Å². The van der Waals surface area contributed by atoms with Crippen LogP contribution < -0.4 is 10.5 Å². The summed E-state index contributed by atoms with van der Waals surface area (Å²) < 4.78 is 39.6. The summed E-state index contributed by atoms with van der Waals surface area (Å²) in [6.45, 7) is 2.02. The van der Waals surface area contributed by atoms with E-state index in [4.69, 9.17) is 5.73 Å². The second-order valence-corrected chi connectivity index (χ2v) is 4.46. The first-order chi connectivity index (χ1) is 7.84. The Morgan fingerprint density at radius 2 is 1.89 bits per heavy atom. The maximum absolute atomic E-state index is 11.9. The number of hydrogen-bond acceptors (Lipinski definition) is 2. The summed E-state index contributed by atoms with van der Waals surface area (Å²) in [6, 6.07) is 5.96. The molecule has 18 heavy (non-hydrogen) atoms. The van der Waals surface area contributed by atoms with Crippen molar-refractivity contribution in [3.05, 3.63) is 29.8 Å². The van der Waals surface area contributed by atoms with Crippen LogP contribution in [0, 0.1) is 0 Å². The minimum Gasteiger partial charge on any atom is -0.406 e. The highest BCUT2D eigenvalue weighted by Gasteiger charge is 2.49. The third-order valence-electron chi connectivity index (χ3n) is 3.29. The fourth-order valence-electron chi connectivity index (χ4n) is 2.06. The summed E-state index contributed by atoms with van der Waals surface area (Å²) in [5, 5.41) is 0. The van der Waals surface area contributed by atoms with Crippen LogP contribution in [-0.4, -0.2) is 11.9 Å². The molecule has 1 aliphatic rings. The van der Waals surface area contributed by atoms with Gasteiger partial charge in [-0.05, 0) is 30.5 Å². The molecule has 0 heterocycles. The molecule has 0 radical (unpaired) electrons. The van der Waals surface area contributed by atoms with Gasteiger partial charge in [-0.1, -0.05) is 19.1 Å². The minimum atomic E-state index is -4.64. The van der Waals surface area contributed by atoms with Crippen LogP contribution in [0.1, 0.15) is 31.2 Å². The first kappa shape index (κ1) is 15.1. The van der Waals surface area contributed by atoms with E-state index in [0.717, 1.165) is 18.4 Å². The summed E-state index contributed by atoms with van der Waals surface area (Å²) in [7, 11) is 0. The molecule has 1 aromatic rings. The molecule has 0 aromatic heterocycles. The predicted octanol–water partition coefficient (Wildman–Crippen LogP) is 3.60. The molecule has 2 rings (SSSR count). The van der Waals surface area contributed by atoms with E-state index in [1.54, 1.807) is 12.1 Å². The molecule has 1 aromatic carbocycles. The van der Waals surface area contributed by atoms with Crippen LogP contribution in [0.4, 0.5) is 13.2 Å². The van der Waals surface area contributed by atoms with Gasteiger partial charge in [0.1, 0.15) is 5.75 Å². The molecule has 1 saturated carbocycles. The van der Waals surface area contributed by atoms with Gasteiger partial charge < -0.3 is 10.5 Å². The molecular formula is C12H15ClF3NO. The van der Waals surface area contributed by atoms with E-state index in [1.165, 1.54) is 12.1 Å². The smallest absolute Gasteiger partial charge is 0.406 e. The van der Waals surface area contributed by atoms with Crippen LogP contribution in [0.3, 0.4) is 0 Å².